The zero-order chi connectivity index (χ0) is 10.4. The van der Waals surface area contributed by atoms with Crippen LogP contribution in [0.25, 0.3) is 0 Å². The highest BCUT2D eigenvalue weighted by Gasteiger charge is 2.07. The van der Waals surface area contributed by atoms with Gasteiger partial charge in [0.05, 0.1) is 5.51 Å². The van der Waals surface area contributed by atoms with E-state index in [1.165, 1.54) is 11.3 Å². The summed E-state index contributed by atoms with van der Waals surface area (Å²) in [6, 6.07) is 0.628. The molecule has 0 aliphatic heterocycles. The molecule has 1 unspecified atom stereocenters. The van der Waals surface area contributed by atoms with Crippen molar-refractivity contribution < 1.29 is 0 Å². The summed E-state index contributed by atoms with van der Waals surface area (Å²) in [5.74, 6) is 0. The van der Waals surface area contributed by atoms with Crippen LogP contribution in [0, 0.1) is 0 Å². The zero-order valence-electron chi connectivity index (χ0n) is 9.16. The molecule has 0 saturated carbocycles. The maximum Gasteiger partial charge on any atom is 0.0794 e. The Balaban J connectivity index is 2.20. The molecule has 3 nitrogen and oxygen atoms in total. The van der Waals surface area contributed by atoms with Gasteiger partial charge in [-0.3, -0.25) is 4.98 Å². The summed E-state index contributed by atoms with van der Waals surface area (Å²) in [6.07, 6.45) is 3.11. The van der Waals surface area contributed by atoms with E-state index >= 15 is 0 Å². The van der Waals surface area contributed by atoms with Gasteiger partial charge in [-0.1, -0.05) is 6.92 Å². The minimum Gasteiger partial charge on any atom is -0.310 e. The third-order valence-electron chi connectivity index (χ3n) is 2.36. The fourth-order valence-corrected chi connectivity index (χ4v) is 1.95. The lowest BCUT2D eigenvalue weighted by Gasteiger charge is -2.22. The van der Waals surface area contributed by atoms with E-state index in [4.69, 9.17) is 0 Å². The molecular formula is C10H19N3S. The third kappa shape index (κ3) is 3.74. The average molecular weight is 213 g/mol. The number of nitrogens with zero attached hydrogens (tertiary/aromatic N) is 2. The molecule has 1 atom stereocenters. The van der Waals surface area contributed by atoms with Crippen LogP contribution < -0.4 is 5.32 Å². The average Bonchev–Trinajstić information content (AvgIpc) is 2.64. The van der Waals surface area contributed by atoms with E-state index in [2.05, 4.69) is 36.2 Å². The van der Waals surface area contributed by atoms with Crippen LogP contribution in [-0.4, -0.2) is 36.6 Å². The summed E-state index contributed by atoms with van der Waals surface area (Å²) in [5.41, 5.74) is 1.88. The highest BCUT2D eigenvalue weighted by molar-refractivity contribution is 7.09. The number of thiazole rings is 1. The summed E-state index contributed by atoms with van der Waals surface area (Å²) in [6.45, 7) is 4.20. The van der Waals surface area contributed by atoms with Crippen LogP contribution in [0.15, 0.2) is 11.7 Å². The molecule has 0 aromatic carbocycles. The molecule has 0 aliphatic carbocycles. The first-order valence-corrected chi connectivity index (χ1v) is 5.86. The van der Waals surface area contributed by atoms with E-state index in [0.717, 1.165) is 13.1 Å². The van der Waals surface area contributed by atoms with Gasteiger partial charge in [-0.25, -0.2) is 0 Å². The molecular weight excluding hydrogens is 194 g/mol. The second-order valence-electron chi connectivity index (χ2n) is 3.62. The van der Waals surface area contributed by atoms with Gasteiger partial charge in [0, 0.05) is 30.2 Å². The van der Waals surface area contributed by atoms with E-state index in [9.17, 15) is 0 Å². The van der Waals surface area contributed by atoms with E-state index in [-0.39, 0.29) is 0 Å². The monoisotopic (exact) mass is 213 g/mol. The topological polar surface area (TPSA) is 28.2 Å². The lowest BCUT2D eigenvalue weighted by Crippen LogP contribution is -2.36. The normalized spacial score (nSPS) is 13.4. The van der Waals surface area contributed by atoms with Crippen molar-refractivity contribution in [3.63, 3.8) is 0 Å². The van der Waals surface area contributed by atoms with Crippen molar-refractivity contribution in [2.24, 2.45) is 0 Å². The first kappa shape index (κ1) is 11.6. The quantitative estimate of drug-likeness (QED) is 0.777. The van der Waals surface area contributed by atoms with Gasteiger partial charge in [0.1, 0.15) is 0 Å². The van der Waals surface area contributed by atoms with Gasteiger partial charge in [-0.15, -0.1) is 11.3 Å². The number of hydrogen-bond acceptors (Lipinski definition) is 4. The van der Waals surface area contributed by atoms with E-state index in [1.807, 2.05) is 11.7 Å². The predicted molar refractivity (Wildman–Crippen MR) is 61.6 cm³/mol. The van der Waals surface area contributed by atoms with Crippen molar-refractivity contribution >= 4 is 11.3 Å². The van der Waals surface area contributed by atoms with Crippen molar-refractivity contribution in [3.05, 3.63) is 16.6 Å². The highest BCUT2D eigenvalue weighted by Crippen LogP contribution is 2.04. The summed E-state index contributed by atoms with van der Waals surface area (Å²) >= 11 is 1.70. The minimum absolute atomic E-state index is 0.628. The fourth-order valence-electron chi connectivity index (χ4n) is 1.38. The smallest absolute Gasteiger partial charge is 0.0794 e. The molecule has 0 saturated heterocycles. The van der Waals surface area contributed by atoms with Gasteiger partial charge in [-0.05, 0) is 20.5 Å². The molecule has 1 heterocycles. The number of likely N-dealkylation sites (N-methyl/N-ethyl adjacent to an activating group) is 1. The summed E-state index contributed by atoms with van der Waals surface area (Å²) < 4.78 is 0. The van der Waals surface area contributed by atoms with Crippen molar-refractivity contribution in [2.45, 2.75) is 25.9 Å². The molecule has 1 aromatic heterocycles. The van der Waals surface area contributed by atoms with Crippen molar-refractivity contribution in [1.29, 1.82) is 0 Å². The molecule has 1 rings (SSSR count). The van der Waals surface area contributed by atoms with E-state index in [1.54, 1.807) is 11.3 Å². The molecule has 0 bridgehead atoms. The Morgan fingerprint density at radius 2 is 2.36 bits per heavy atom. The Morgan fingerprint density at radius 3 is 2.86 bits per heavy atom. The SMILES string of the molecule is CCC(CNCc1cncs1)N(C)C. The first-order valence-electron chi connectivity index (χ1n) is 4.98. The third-order valence-corrected chi connectivity index (χ3v) is 3.14. The number of hydrogen-bond donors (Lipinski definition) is 1. The second-order valence-corrected chi connectivity index (χ2v) is 4.60. The maximum absolute atomic E-state index is 4.04. The molecule has 80 valence electrons. The lowest BCUT2D eigenvalue weighted by atomic mass is 10.2. The predicted octanol–water partition coefficient (Wildman–Crippen LogP) is 1.57. The van der Waals surface area contributed by atoms with Crippen LogP contribution in [0.2, 0.25) is 0 Å². The van der Waals surface area contributed by atoms with Crippen LogP contribution in [0.1, 0.15) is 18.2 Å². The van der Waals surface area contributed by atoms with Crippen molar-refractivity contribution in [1.82, 2.24) is 15.2 Å². The van der Waals surface area contributed by atoms with Gasteiger partial charge in [0.15, 0.2) is 0 Å². The van der Waals surface area contributed by atoms with Crippen LogP contribution in [0.3, 0.4) is 0 Å². The largest absolute Gasteiger partial charge is 0.310 e. The maximum atomic E-state index is 4.04. The van der Waals surface area contributed by atoms with Gasteiger partial charge in [0.2, 0.25) is 0 Å². The number of nitrogens with one attached hydrogen (secondary N) is 1. The Hall–Kier alpha value is -0.450. The molecule has 0 spiro atoms. The molecule has 1 aromatic rings. The molecule has 14 heavy (non-hydrogen) atoms. The van der Waals surface area contributed by atoms with Gasteiger partial charge in [-0.2, -0.15) is 0 Å². The molecule has 0 amide bonds. The number of rotatable bonds is 6. The Kier molecular flexibility index (Phi) is 5.07. The zero-order valence-corrected chi connectivity index (χ0v) is 9.97. The molecule has 1 N–H and O–H groups in total. The summed E-state index contributed by atoms with van der Waals surface area (Å²) in [7, 11) is 4.26. The Morgan fingerprint density at radius 1 is 1.57 bits per heavy atom. The van der Waals surface area contributed by atoms with E-state index in [0.29, 0.717) is 6.04 Å². The van der Waals surface area contributed by atoms with Gasteiger partial charge < -0.3 is 10.2 Å². The standard InChI is InChI=1S/C10H19N3S/c1-4-9(13(2)3)5-11-6-10-7-12-8-14-10/h7-9,11H,4-6H2,1-3H3. The van der Waals surface area contributed by atoms with Crippen LogP contribution in [0.4, 0.5) is 0 Å². The van der Waals surface area contributed by atoms with Gasteiger partial charge >= 0.3 is 0 Å². The van der Waals surface area contributed by atoms with E-state index < -0.39 is 0 Å². The van der Waals surface area contributed by atoms with Crippen LogP contribution in [0.5, 0.6) is 0 Å². The van der Waals surface area contributed by atoms with Crippen LogP contribution >= 0.6 is 11.3 Å². The van der Waals surface area contributed by atoms with Gasteiger partial charge in [0.25, 0.3) is 0 Å². The minimum atomic E-state index is 0.628. The Bertz CT molecular complexity index is 234. The Labute approximate surface area is 90.2 Å². The van der Waals surface area contributed by atoms with Crippen molar-refractivity contribution in [2.75, 3.05) is 20.6 Å². The number of aromatic nitrogens is 1. The summed E-state index contributed by atoms with van der Waals surface area (Å²) in [4.78, 5) is 7.61. The molecule has 0 fully saturated rings. The fraction of sp³-hybridized carbons (Fsp3) is 0.700. The molecule has 4 heteroatoms. The van der Waals surface area contributed by atoms with Crippen LogP contribution in [-0.2, 0) is 6.54 Å². The molecule has 0 radical (unpaired) electrons. The molecule has 0 aliphatic rings. The summed E-state index contributed by atoms with van der Waals surface area (Å²) in [5, 5.41) is 3.45. The first-order chi connectivity index (χ1) is 6.74. The highest BCUT2D eigenvalue weighted by atomic mass is 32.1. The lowest BCUT2D eigenvalue weighted by molar-refractivity contribution is 0.276. The van der Waals surface area contributed by atoms with Crippen molar-refractivity contribution in [3.8, 4) is 0 Å². The second kappa shape index (κ2) is 6.11.